The molecule has 32 heavy (non-hydrogen) atoms. The van der Waals surface area contributed by atoms with E-state index in [1.54, 1.807) is 36.9 Å². The minimum atomic E-state index is -0.572. The molecule has 0 saturated carbocycles. The third-order valence-corrected chi connectivity index (χ3v) is 6.11. The summed E-state index contributed by atoms with van der Waals surface area (Å²) in [4.78, 5) is 44.6. The molecule has 3 aromatic rings. The summed E-state index contributed by atoms with van der Waals surface area (Å²) in [5.41, 5.74) is 1.33. The van der Waals surface area contributed by atoms with Crippen LogP contribution in [0.3, 0.4) is 0 Å². The number of esters is 1. The summed E-state index contributed by atoms with van der Waals surface area (Å²) in [7, 11) is 4.71. The van der Waals surface area contributed by atoms with Gasteiger partial charge >= 0.3 is 5.97 Å². The van der Waals surface area contributed by atoms with E-state index in [2.05, 4.69) is 0 Å². The molecule has 0 fully saturated rings. The molecular formula is C24H27N3O4S. The smallest absolute Gasteiger partial charge is 0.337 e. The van der Waals surface area contributed by atoms with Crippen LogP contribution in [0, 0.1) is 5.92 Å². The zero-order chi connectivity index (χ0) is 23.4. The van der Waals surface area contributed by atoms with Gasteiger partial charge in [0.2, 0.25) is 5.91 Å². The van der Waals surface area contributed by atoms with Gasteiger partial charge in [0, 0.05) is 20.6 Å². The van der Waals surface area contributed by atoms with E-state index in [0.29, 0.717) is 28.2 Å². The standard InChI is InChI=1S/C24H27N3O4S/c1-15(2)14-27-21(28)18-12-11-17(23(30)31-5)13-19(18)25-24(27)32-20(22(29)26(3)4)16-9-7-6-8-10-16/h6-13,15,20H,14H2,1-5H3/t20-/m1/s1. The van der Waals surface area contributed by atoms with Crippen molar-refractivity contribution >= 4 is 34.5 Å². The Hall–Kier alpha value is -3.13. The maximum absolute atomic E-state index is 13.4. The number of hydrogen-bond acceptors (Lipinski definition) is 6. The molecule has 0 radical (unpaired) electrons. The monoisotopic (exact) mass is 453 g/mol. The highest BCUT2D eigenvalue weighted by Gasteiger charge is 2.26. The van der Waals surface area contributed by atoms with Gasteiger partial charge < -0.3 is 9.64 Å². The van der Waals surface area contributed by atoms with Gasteiger partial charge in [-0.3, -0.25) is 14.2 Å². The van der Waals surface area contributed by atoms with Gasteiger partial charge in [-0.25, -0.2) is 9.78 Å². The fraction of sp³-hybridized carbons (Fsp3) is 0.333. The van der Waals surface area contributed by atoms with Crippen molar-refractivity contribution in [3.8, 4) is 0 Å². The minimum Gasteiger partial charge on any atom is -0.465 e. The van der Waals surface area contributed by atoms with Crippen LogP contribution in [0.5, 0.6) is 0 Å². The molecule has 1 atom stereocenters. The number of nitrogens with zero attached hydrogens (tertiary/aromatic N) is 3. The number of likely N-dealkylation sites (N-methyl/N-ethyl adjacent to an activating group) is 1. The Kier molecular flexibility index (Phi) is 7.35. The normalized spacial score (nSPS) is 12.1. The number of carbonyl (C=O) groups is 2. The van der Waals surface area contributed by atoms with Crippen molar-refractivity contribution in [1.82, 2.24) is 14.5 Å². The molecule has 2 aromatic carbocycles. The van der Waals surface area contributed by atoms with E-state index in [0.717, 1.165) is 5.56 Å². The number of hydrogen-bond donors (Lipinski definition) is 0. The van der Waals surface area contributed by atoms with Gasteiger partial charge in [0.05, 0.1) is 23.6 Å². The molecule has 168 valence electrons. The number of fused-ring (bicyclic) bond motifs is 1. The molecule has 0 spiro atoms. The van der Waals surface area contributed by atoms with Crippen molar-refractivity contribution in [1.29, 1.82) is 0 Å². The maximum atomic E-state index is 13.4. The second kappa shape index (κ2) is 9.99. The van der Waals surface area contributed by atoms with Gasteiger partial charge in [0.1, 0.15) is 5.25 Å². The lowest BCUT2D eigenvalue weighted by molar-refractivity contribution is -0.128. The van der Waals surface area contributed by atoms with Gasteiger partial charge in [-0.2, -0.15) is 0 Å². The van der Waals surface area contributed by atoms with Crippen LogP contribution >= 0.6 is 11.8 Å². The van der Waals surface area contributed by atoms with E-state index >= 15 is 0 Å². The van der Waals surface area contributed by atoms with Crippen LogP contribution in [0.2, 0.25) is 0 Å². The van der Waals surface area contributed by atoms with E-state index in [4.69, 9.17) is 9.72 Å². The van der Waals surface area contributed by atoms with E-state index in [-0.39, 0.29) is 17.4 Å². The number of benzene rings is 2. The van der Waals surface area contributed by atoms with E-state index < -0.39 is 11.2 Å². The number of rotatable bonds is 7. The fourth-order valence-corrected chi connectivity index (χ4v) is 4.54. The van der Waals surface area contributed by atoms with Crippen LogP contribution in [-0.2, 0) is 16.1 Å². The van der Waals surface area contributed by atoms with Crippen molar-refractivity contribution < 1.29 is 14.3 Å². The second-order valence-corrected chi connectivity index (χ2v) is 9.14. The Balaban J connectivity index is 2.19. The third kappa shape index (κ3) is 5.02. The molecule has 0 aliphatic heterocycles. The summed E-state index contributed by atoms with van der Waals surface area (Å²) in [5.74, 6) is -0.408. The van der Waals surface area contributed by atoms with Gasteiger partial charge in [0.15, 0.2) is 5.16 Å². The third-order valence-electron chi connectivity index (χ3n) is 4.88. The highest BCUT2D eigenvalue weighted by atomic mass is 32.2. The van der Waals surface area contributed by atoms with Crippen molar-refractivity contribution in [2.45, 2.75) is 30.8 Å². The minimum absolute atomic E-state index is 0.102. The van der Waals surface area contributed by atoms with Gasteiger partial charge in [-0.15, -0.1) is 0 Å². The molecule has 0 saturated heterocycles. The molecule has 0 unspecified atom stereocenters. The quantitative estimate of drug-likeness (QED) is 0.308. The van der Waals surface area contributed by atoms with Crippen LogP contribution in [0.25, 0.3) is 10.9 Å². The lowest BCUT2D eigenvalue weighted by atomic mass is 10.1. The topological polar surface area (TPSA) is 81.5 Å². The molecule has 1 heterocycles. The molecule has 0 N–H and O–H groups in total. The summed E-state index contributed by atoms with van der Waals surface area (Å²) < 4.78 is 6.42. The predicted octanol–water partition coefficient (Wildman–Crippen LogP) is 3.76. The average molecular weight is 454 g/mol. The summed E-state index contributed by atoms with van der Waals surface area (Å²) >= 11 is 1.24. The van der Waals surface area contributed by atoms with Gasteiger partial charge in [-0.05, 0) is 29.7 Å². The van der Waals surface area contributed by atoms with Crippen molar-refractivity contribution in [3.05, 3.63) is 70.0 Å². The molecular weight excluding hydrogens is 426 g/mol. The molecule has 3 rings (SSSR count). The zero-order valence-electron chi connectivity index (χ0n) is 18.9. The first-order valence-electron chi connectivity index (χ1n) is 10.3. The molecule has 1 amide bonds. The summed E-state index contributed by atoms with van der Waals surface area (Å²) in [6, 6.07) is 14.1. The molecule has 0 bridgehead atoms. The summed E-state index contributed by atoms with van der Waals surface area (Å²) in [6.45, 7) is 4.50. The van der Waals surface area contributed by atoms with E-state index in [1.165, 1.54) is 23.8 Å². The van der Waals surface area contributed by atoms with E-state index in [9.17, 15) is 14.4 Å². The Bertz CT molecular complexity index is 1190. The predicted molar refractivity (Wildman–Crippen MR) is 126 cm³/mol. The fourth-order valence-electron chi connectivity index (χ4n) is 3.29. The average Bonchev–Trinajstić information content (AvgIpc) is 2.78. The highest BCUT2D eigenvalue weighted by molar-refractivity contribution is 8.00. The Morgan fingerprint density at radius 2 is 1.81 bits per heavy atom. The first-order chi connectivity index (χ1) is 15.2. The van der Waals surface area contributed by atoms with Crippen LogP contribution in [-0.4, -0.2) is 47.5 Å². The first kappa shape index (κ1) is 23.5. The zero-order valence-corrected chi connectivity index (χ0v) is 19.7. The second-order valence-electron chi connectivity index (χ2n) is 8.07. The highest BCUT2D eigenvalue weighted by Crippen LogP contribution is 2.36. The van der Waals surface area contributed by atoms with Crippen molar-refractivity contribution in [2.24, 2.45) is 5.92 Å². The lowest BCUT2D eigenvalue weighted by Gasteiger charge is -2.22. The Morgan fingerprint density at radius 3 is 2.41 bits per heavy atom. The molecule has 8 heteroatoms. The molecule has 1 aromatic heterocycles. The number of ether oxygens (including phenoxy) is 1. The number of thioether (sulfide) groups is 1. The van der Waals surface area contributed by atoms with Gasteiger partial charge in [-0.1, -0.05) is 55.9 Å². The van der Waals surface area contributed by atoms with Crippen LogP contribution < -0.4 is 5.56 Å². The Morgan fingerprint density at radius 1 is 1.12 bits per heavy atom. The number of amides is 1. The van der Waals surface area contributed by atoms with Crippen LogP contribution in [0.15, 0.2) is 58.5 Å². The van der Waals surface area contributed by atoms with Crippen molar-refractivity contribution in [3.63, 3.8) is 0 Å². The lowest BCUT2D eigenvalue weighted by Crippen LogP contribution is -2.29. The Labute approximate surface area is 191 Å². The van der Waals surface area contributed by atoms with Crippen LogP contribution in [0.1, 0.15) is 35.0 Å². The molecule has 0 aliphatic rings. The maximum Gasteiger partial charge on any atom is 0.337 e. The SMILES string of the molecule is COC(=O)c1ccc2c(=O)n(CC(C)C)c(S[C@@H](C(=O)N(C)C)c3ccccc3)nc2c1. The summed E-state index contributed by atoms with van der Waals surface area (Å²) in [5, 5.41) is 0.276. The number of carbonyl (C=O) groups excluding carboxylic acids is 2. The van der Waals surface area contributed by atoms with Gasteiger partial charge in [0.25, 0.3) is 5.56 Å². The molecule has 0 aliphatic carbocycles. The molecule has 7 nitrogen and oxygen atoms in total. The van der Waals surface area contributed by atoms with Crippen LogP contribution in [0.4, 0.5) is 0 Å². The largest absolute Gasteiger partial charge is 0.465 e. The number of aromatic nitrogens is 2. The van der Waals surface area contributed by atoms with E-state index in [1.807, 2.05) is 44.2 Å². The first-order valence-corrected chi connectivity index (χ1v) is 11.2. The van der Waals surface area contributed by atoms with Crippen molar-refractivity contribution in [2.75, 3.05) is 21.2 Å². The number of methoxy groups -OCH3 is 1. The summed E-state index contributed by atoms with van der Waals surface area (Å²) in [6.07, 6.45) is 0.